The molecule has 0 atom stereocenters. The van der Waals surface area contributed by atoms with Gasteiger partial charge in [0.25, 0.3) is 0 Å². The van der Waals surface area contributed by atoms with Gasteiger partial charge in [-0.2, -0.15) is 4.98 Å². The van der Waals surface area contributed by atoms with Gasteiger partial charge >= 0.3 is 0 Å². The lowest BCUT2D eigenvalue weighted by Gasteiger charge is -2.34. The molecule has 0 aliphatic carbocycles. The van der Waals surface area contributed by atoms with Crippen molar-refractivity contribution in [2.45, 2.75) is 13.8 Å². The molecular formula is C20H24ClN5O. The van der Waals surface area contributed by atoms with Crippen LogP contribution in [0.1, 0.15) is 18.2 Å². The quantitative estimate of drug-likeness (QED) is 0.800. The number of aromatic nitrogens is 2. The molecule has 1 amide bonds. The first-order valence-corrected chi connectivity index (χ1v) is 9.50. The van der Waals surface area contributed by atoms with Crippen LogP contribution >= 0.6 is 11.6 Å². The number of carbonyl (C=O) groups excluding carboxylic acids is 1. The zero-order chi connectivity index (χ0) is 19.2. The molecule has 2 aromatic rings. The summed E-state index contributed by atoms with van der Waals surface area (Å²) in [6.45, 7) is 7.56. The van der Waals surface area contributed by atoms with Crippen LogP contribution in [-0.2, 0) is 4.79 Å². The maximum Gasteiger partial charge on any atom is 0.246 e. The summed E-state index contributed by atoms with van der Waals surface area (Å²) in [7, 11) is 0. The van der Waals surface area contributed by atoms with Crippen molar-refractivity contribution in [1.82, 2.24) is 14.9 Å². The number of piperazine rings is 1. The highest BCUT2D eigenvalue weighted by molar-refractivity contribution is 6.30. The fourth-order valence-corrected chi connectivity index (χ4v) is 3.07. The van der Waals surface area contributed by atoms with Crippen LogP contribution in [0, 0.1) is 6.92 Å². The fourth-order valence-electron chi connectivity index (χ4n) is 2.94. The monoisotopic (exact) mass is 385 g/mol. The molecule has 1 aromatic carbocycles. The van der Waals surface area contributed by atoms with Crippen molar-refractivity contribution >= 4 is 35.4 Å². The molecule has 1 saturated heterocycles. The number of nitrogens with one attached hydrogen (secondary N) is 1. The molecule has 0 unspecified atom stereocenters. The fraction of sp³-hybridized carbons (Fsp3) is 0.350. The molecule has 142 valence electrons. The van der Waals surface area contributed by atoms with Crippen LogP contribution in [-0.4, -0.2) is 53.5 Å². The molecule has 3 rings (SSSR count). The molecule has 1 aliphatic rings. The van der Waals surface area contributed by atoms with E-state index in [1.54, 1.807) is 6.08 Å². The van der Waals surface area contributed by atoms with E-state index in [2.05, 4.69) is 20.2 Å². The molecule has 27 heavy (non-hydrogen) atoms. The van der Waals surface area contributed by atoms with Crippen LogP contribution in [0.3, 0.4) is 0 Å². The van der Waals surface area contributed by atoms with Crippen LogP contribution < -0.4 is 10.2 Å². The normalized spacial score (nSPS) is 14.6. The zero-order valence-corrected chi connectivity index (χ0v) is 16.4. The summed E-state index contributed by atoms with van der Waals surface area (Å²) >= 11 is 5.88. The summed E-state index contributed by atoms with van der Waals surface area (Å²) in [6.07, 6.45) is 3.43. The van der Waals surface area contributed by atoms with Crippen LogP contribution in [0.4, 0.5) is 11.8 Å². The summed E-state index contributed by atoms with van der Waals surface area (Å²) in [5.41, 5.74) is 1.89. The SMILES string of the molecule is CCNc1cc(C)nc(N2CCN(C(=O)/C=C/c3ccc(Cl)cc3)CC2)n1. The molecule has 1 N–H and O–H groups in total. The third-order valence-electron chi connectivity index (χ3n) is 4.36. The second-order valence-corrected chi connectivity index (χ2v) is 6.86. The van der Waals surface area contributed by atoms with Gasteiger partial charge in [0.15, 0.2) is 0 Å². The van der Waals surface area contributed by atoms with Crippen molar-refractivity contribution in [3.05, 3.63) is 52.7 Å². The van der Waals surface area contributed by atoms with E-state index >= 15 is 0 Å². The van der Waals surface area contributed by atoms with E-state index in [0.29, 0.717) is 18.1 Å². The average molecular weight is 386 g/mol. The number of hydrogen-bond acceptors (Lipinski definition) is 5. The third-order valence-corrected chi connectivity index (χ3v) is 4.61. The number of carbonyl (C=O) groups is 1. The van der Waals surface area contributed by atoms with E-state index in [4.69, 9.17) is 11.6 Å². The highest BCUT2D eigenvalue weighted by Crippen LogP contribution is 2.16. The Labute approximate surface area is 164 Å². The van der Waals surface area contributed by atoms with Gasteiger partial charge in [0, 0.05) is 55.6 Å². The van der Waals surface area contributed by atoms with E-state index in [0.717, 1.165) is 42.7 Å². The van der Waals surface area contributed by atoms with Gasteiger partial charge in [-0.1, -0.05) is 23.7 Å². The van der Waals surface area contributed by atoms with Gasteiger partial charge in [-0.25, -0.2) is 4.98 Å². The lowest BCUT2D eigenvalue weighted by Crippen LogP contribution is -2.48. The smallest absolute Gasteiger partial charge is 0.246 e. The van der Waals surface area contributed by atoms with E-state index in [-0.39, 0.29) is 5.91 Å². The highest BCUT2D eigenvalue weighted by atomic mass is 35.5. The lowest BCUT2D eigenvalue weighted by atomic mass is 10.2. The molecular weight excluding hydrogens is 362 g/mol. The maximum absolute atomic E-state index is 12.4. The van der Waals surface area contributed by atoms with Gasteiger partial charge in [-0.15, -0.1) is 0 Å². The Morgan fingerprint density at radius 1 is 1.19 bits per heavy atom. The summed E-state index contributed by atoms with van der Waals surface area (Å²) in [5, 5.41) is 3.92. The standard InChI is InChI=1S/C20H24ClN5O/c1-3-22-18-14-15(2)23-20(24-18)26-12-10-25(11-13-26)19(27)9-6-16-4-7-17(21)8-5-16/h4-9,14H,3,10-13H2,1-2H3,(H,22,23,24)/b9-6+. The number of aryl methyl sites for hydroxylation is 1. The summed E-state index contributed by atoms with van der Waals surface area (Å²) in [6, 6.07) is 9.35. The predicted molar refractivity (Wildman–Crippen MR) is 110 cm³/mol. The number of benzene rings is 1. The third kappa shape index (κ3) is 5.20. The zero-order valence-electron chi connectivity index (χ0n) is 15.7. The molecule has 0 bridgehead atoms. The molecule has 2 heterocycles. The van der Waals surface area contributed by atoms with E-state index < -0.39 is 0 Å². The van der Waals surface area contributed by atoms with Crippen LogP contribution in [0.2, 0.25) is 5.02 Å². The minimum atomic E-state index is 0.0168. The van der Waals surface area contributed by atoms with Crippen LogP contribution in [0.5, 0.6) is 0 Å². The van der Waals surface area contributed by atoms with Gasteiger partial charge in [0.1, 0.15) is 5.82 Å². The molecule has 0 spiro atoms. The first-order chi connectivity index (χ1) is 13.0. The van der Waals surface area contributed by atoms with Gasteiger partial charge in [0.2, 0.25) is 11.9 Å². The Balaban J connectivity index is 1.58. The minimum Gasteiger partial charge on any atom is -0.370 e. The van der Waals surface area contributed by atoms with Gasteiger partial charge < -0.3 is 15.1 Å². The number of amides is 1. The Morgan fingerprint density at radius 2 is 1.89 bits per heavy atom. The molecule has 6 nitrogen and oxygen atoms in total. The Hall–Kier alpha value is -2.60. The summed E-state index contributed by atoms with van der Waals surface area (Å²) in [4.78, 5) is 25.5. The molecule has 7 heteroatoms. The first kappa shape index (κ1) is 19.2. The lowest BCUT2D eigenvalue weighted by molar-refractivity contribution is -0.126. The summed E-state index contributed by atoms with van der Waals surface area (Å²) in [5.74, 6) is 1.57. The van der Waals surface area contributed by atoms with Crippen molar-refractivity contribution < 1.29 is 4.79 Å². The predicted octanol–water partition coefficient (Wildman–Crippen LogP) is 3.23. The highest BCUT2D eigenvalue weighted by Gasteiger charge is 2.21. The molecule has 1 aromatic heterocycles. The topological polar surface area (TPSA) is 61.4 Å². The van der Waals surface area contributed by atoms with Gasteiger partial charge in [-0.3, -0.25) is 4.79 Å². The maximum atomic E-state index is 12.4. The number of anilines is 2. The molecule has 1 fully saturated rings. The number of hydrogen-bond donors (Lipinski definition) is 1. The van der Waals surface area contributed by atoms with Crippen molar-refractivity contribution in [2.75, 3.05) is 42.9 Å². The minimum absolute atomic E-state index is 0.0168. The van der Waals surface area contributed by atoms with E-state index in [1.165, 1.54) is 0 Å². The summed E-state index contributed by atoms with van der Waals surface area (Å²) < 4.78 is 0. The van der Waals surface area contributed by atoms with Crippen molar-refractivity contribution in [1.29, 1.82) is 0 Å². The van der Waals surface area contributed by atoms with Crippen molar-refractivity contribution in [3.63, 3.8) is 0 Å². The first-order valence-electron chi connectivity index (χ1n) is 9.12. The Bertz CT molecular complexity index is 814. The van der Waals surface area contributed by atoms with Crippen LogP contribution in [0.15, 0.2) is 36.4 Å². The molecule has 1 aliphatic heterocycles. The number of rotatable bonds is 5. The molecule has 0 radical (unpaired) electrons. The van der Waals surface area contributed by atoms with E-state index in [9.17, 15) is 4.79 Å². The van der Waals surface area contributed by atoms with Gasteiger partial charge in [0.05, 0.1) is 0 Å². The average Bonchev–Trinajstić information content (AvgIpc) is 2.67. The van der Waals surface area contributed by atoms with Gasteiger partial charge in [-0.05, 0) is 37.6 Å². The van der Waals surface area contributed by atoms with Crippen molar-refractivity contribution in [3.8, 4) is 0 Å². The molecule has 0 saturated carbocycles. The van der Waals surface area contributed by atoms with Crippen LogP contribution in [0.25, 0.3) is 6.08 Å². The number of halogens is 1. The second-order valence-electron chi connectivity index (χ2n) is 6.42. The van der Waals surface area contributed by atoms with E-state index in [1.807, 2.05) is 55.2 Å². The number of nitrogens with zero attached hydrogens (tertiary/aromatic N) is 4. The largest absolute Gasteiger partial charge is 0.370 e. The Morgan fingerprint density at radius 3 is 2.56 bits per heavy atom. The van der Waals surface area contributed by atoms with Crippen molar-refractivity contribution in [2.24, 2.45) is 0 Å². The second kappa shape index (κ2) is 8.86. The Kier molecular flexibility index (Phi) is 6.29.